The number of hydrogen-bond donors (Lipinski definition) is 1. The highest BCUT2D eigenvalue weighted by molar-refractivity contribution is 5.26. The minimum atomic E-state index is 0.254. The molecule has 2 heterocycles. The average Bonchev–Trinajstić information content (AvgIpc) is 3.00. The van der Waals surface area contributed by atoms with Crippen molar-refractivity contribution >= 4 is 5.95 Å². The lowest BCUT2D eigenvalue weighted by Crippen LogP contribution is -2.16. The molecule has 0 fully saturated rings. The Morgan fingerprint density at radius 1 is 1.47 bits per heavy atom. The molecule has 2 aromatic heterocycles. The van der Waals surface area contributed by atoms with E-state index in [9.17, 15) is 0 Å². The Labute approximate surface area is 112 Å². The van der Waals surface area contributed by atoms with E-state index in [4.69, 9.17) is 4.74 Å². The lowest BCUT2D eigenvalue weighted by Gasteiger charge is -2.16. The number of rotatable bonds is 7. The summed E-state index contributed by atoms with van der Waals surface area (Å²) >= 11 is 0. The topological polar surface area (TPSA) is 69.8 Å². The van der Waals surface area contributed by atoms with E-state index in [1.54, 1.807) is 19.6 Å². The van der Waals surface area contributed by atoms with Crippen LogP contribution >= 0.6 is 0 Å². The van der Waals surface area contributed by atoms with E-state index in [1.807, 2.05) is 17.8 Å². The fourth-order valence-corrected chi connectivity index (χ4v) is 1.95. The van der Waals surface area contributed by atoms with Gasteiger partial charge in [0.2, 0.25) is 5.95 Å². The van der Waals surface area contributed by atoms with Crippen molar-refractivity contribution in [2.75, 3.05) is 25.6 Å². The van der Waals surface area contributed by atoms with Gasteiger partial charge in [-0.05, 0) is 6.92 Å². The first kappa shape index (κ1) is 13.5. The van der Waals surface area contributed by atoms with Crippen molar-refractivity contribution in [1.29, 1.82) is 0 Å². The summed E-state index contributed by atoms with van der Waals surface area (Å²) < 4.78 is 9.15. The van der Waals surface area contributed by atoms with E-state index >= 15 is 0 Å². The molecule has 2 aromatic rings. The fraction of sp³-hybridized carbons (Fsp3) is 0.583. The maximum atomic E-state index is 5.16. The van der Waals surface area contributed by atoms with Gasteiger partial charge in [-0.1, -0.05) is 0 Å². The summed E-state index contributed by atoms with van der Waals surface area (Å²) in [6, 6.07) is 0.254. The summed E-state index contributed by atoms with van der Waals surface area (Å²) in [5.41, 5.74) is 0. The second-order valence-electron chi connectivity index (χ2n) is 4.50. The molecule has 0 spiro atoms. The Balaban J connectivity index is 1.89. The molecule has 7 heteroatoms. The molecule has 2 rings (SSSR count). The lowest BCUT2D eigenvalue weighted by molar-refractivity contribution is 0.163. The maximum absolute atomic E-state index is 5.16. The zero-order chi connectivity index (χ0) is 13.7. The molecule has 0 aliphatic rings. The number of methoxy groups -OCH3 is 1. The number of hydrogen-bond acceptors (Lipinski definition) is 5. The molecule has 104 valence electrons. The van der Waals surface area contributed by atoms with Crippen molar-refractivity contribution in [3.8, 4) is 0 Å². The molecule has 0 bridgehead atoms. The predicted molar refractivity (Wildman–Crippen MR) is 72.0 cm³/mol. The normalized spacial score (nSPS) is 12.6. The zero-order valence-electron chi connectivity index (χ0n) is 11.6. The third kappa shape index (κ3) is 3.31. The molecule has 7 nitrogen and oxygen atoms in total. The molecule has 0 radical (unpaired) electrons. The summed E-state index contributed by atoms with van der Waals surface area (Å²) in [4.78, 5) is 4.31. The molecular formula is C12H20N6O. The summed E-state index contributed by atoms with van der Waals surface area (Å²) in [5.74, 6) is 1.81. The van der Waals surface area contributed by atoms with Crippen molar-refractivity contribution in [2.45, 2.75) is 19.4 Å². The van der Waals surface area contributed by atoms with Gasteiger partial charge in [0.05, 0.1) is 12.6 Å². The van der Waals surface area contributed by atoms with Crippen molar-refractivity contribution in [1.82, 2.24) is 24.3 Å². The van der Waals surface area contributed by atoms with Crippen LogP contribution in [0.25, 0.3) is 0 Å². The number of aryl methyl sites for hydroxylation is 1. The van der Waals surface area contributed by atoms with Crippen molar-refractivity contribution in [3.05, 3.63) is 24.5 Å². The molecule has 1 atom stereocenters. The molecule has 1 unspecified atom stereocenters. The largest absolute Gasteiger partial charge is 0.383 e. The number of imidazole rings is 1. The minimum Gasteiger partial charge on any atom is -0.383 e. The highest BCUT2D eigenvalue weighted by Gasteiger charge is 2.09. The molecule has 0 amide bonds. The highest BCUT2D eigenvalue weighted by atomic mass is 16.5. The van der Waals surface area contributed by atoms with Crippen LogP contribution in [0.15, 0.2) is 18.7 Å². The predicted octanol–water partition coefficient (Wildman–Crippen LogP) is 0.874. The number of nitrogens with one attached hydrogen (secondary N) is 1. The van der Waals surface area contributed by atoms with E-state index in [1.165, 1.54) is 0 Å². The highest BCUT2D eigenvalue weighted by Crippen LogP contribution is 2.13. The Bertz CT molecular complexity index is 506. The van der Waals surface area contributed by atoms with Crippen LogP contribution in [0.2, 0.25) is 0 Å². The van der Waals surface area contributed by atoms with Gasteiger partial charge in [0, 0.05) is 39.5 Å². The second kappa shape index (κ2) is 6.33. The Morgan fingerprint density at radius 2 is 2.32 bits per heavy atom. The average molecular weight is 264 g/mol. The van der Waals surface area contributed by atoms with Crippen molar-refractivity contribution < 1.29 is 4.74 Å². The van der Waals surface area contributed by atoms with Crippen LogP contribution in [0.3, 0.4) is 0 Å². The smallest absolute Gasteiger partial charge is 0.203 e. The van der Waals surface area contributed by atoms with Crippen LogP contribution in [0.5, 0.6) is 0 Å². The van der Waals surface area contributed by atoms with Gasteiger partial charge in [-0.15, -0.1) is 10.2 Å². The fourth-order valence-electron chi connectivity index (χ4n) is 1.95. The van der Waals surface area contributed by atoms with Crippen LogP contribution in [0.1, 0.15) is 18.8 Å². The summed E-state index contributed by atoms with van der Waals surface area (Å²) in [7, 11) is 3.64. The van der Waals surface area contributed by atoms with Gasteiger partial charge in [0.15, 0.2) is 0 Å². The lowest BCUT2D eigenvalue weighted by atomic mass is 10.3. The van der Waals surface area contributed by atoms with Crippen LogP contribution < -0.4 is 5.32 Å². The van der Waals surface area contributed by atoms with Crippen LogP contribution in [0, 0.1) is 0 Å². The van der Waals surface area contributed by atoms with Gasteiger partial charge in [0.25, 0.3) is 0 Å². The van der Waals surface area contributed by atoms with Gasteiger partial charge >= 0.3 is 0 Å². The molecule has 0 aliphatic heterocycles. The minimum absolute atomic E-state index is 0.254. The molecule has 0 aliphatic carbocycles. The molecule has 19 heavy (non-hydrogen) atoms. The molecule has 0 saturated heterocycles. The number of ether oxygens (including phenoxy) is 1. The van der Waals surface area contributed by atoms with Crippen LogP contribution in [0.4, 0.5) is 5.95 Å². The SMILES string of the molecule is COCC(C)n1ccnc1NCCc1nncn1C. The maximum Gasteiger partial charge on any atom is 0.203 e. The number of aromatic nitrogens is 5. The van der Waals surface area contributed by atoms with E-state index in [2.05, 4.69) is 32.0 Å². The summed E-state index contributed by atoms with van der Waals surface area (Å²) in [5, 5.41) is 11.2. The first-order valence-corrected chi connectivity index (χ1v) is 6.31. The molecule has 1 N–H and O–H groups in total. The third-order valence-corrected chi connectivity index (χ3v) is 2.99. The summed E-state index contributed by atoms with van der Waals surface area (Å²) in [6.45, 7) is 3.52. The van der Waals surface area contributed by atoms with Gasteiger partial charge in [-0.3, -0.25) is 0 Å². The number of anilines is 1. The van der Waals surface area contributed by atoms with Crippen LogP contribution in [-0.4, -0.2) is 44.6 Å². The van der Waals surface area contributed by atoms with Gasteiger partial charge in [0.1, 0.15) is 12.2 Å². The van der Waals surface area contributed by atoms with E-state index in [0.717, 1.165) is 24.7 Å². The van der Waals surface area contributed by atoms with Gasteiger partial charge in [-0.25, -0.2) is 4.98 Å². The van der Waals surface area contributed by atoms with E-state index in [-0.39, 0.29) is 6.04 Å². The Hall–Kier alpha value is -1.89. The number of nitrogens with zero attached hydrogens (tertiary/aromatic N) is 5. The monoisotopic (exact) mass is 264 g/mol. The molecule has 0 aromatic carbocycles. The molecular weight excluding hydrogens is 244 g/mol. The second-order valence-corrected chi connectivity index (χ2v) is 4.50. The first-order chi connectivity index (χ1) is 9.22. The quantitative estimate of drug-likeness (QED) is 0.803. The standard InChI is InChI=1S/C12H20N6O/c1-10(8-19-3)18-7-6-14-12(18)13-5-4-11-16-15-9-17(11)2/h6-7,9-10H,4-5,8H2,1-3H3,(H,13,14). The van der Waals surface area contributed by atoms with Gasteiger partial charge in [-0.2, -0.15) is 0 Å². The molecule has 0 saturated carbocycles. The van der Waals surface area contributed by atoms with E-state index < -0.39 is 0 Å². The Kier molecular flexibility index (Phi) is 4.51. The van der Waals surface area contributed by atoms with Crippen molar-refractivity contribution in [2.24, 2.45) is 7.05 Å². The Morgan fingerprint density at radius 3 is 3.00 bits per heavy atom. The summed E-state index contributed by atoms with van der Waals surface area (Å²) in [6.07, 6.45) is 6.25. The first-order valence-electron chi connectivity index (χ1n) is 6.31. The van der Waals surface area contributed by atoms with Crippen molar-refractivity contribution in [3.63, 3.8) is 0 Å². The van der Waals surface area contributed by atoms with Gasteiger partial charge < -0.3 is 19.2 Å². The third-order valence-electron chi connectivity index (χ3n) is 2.99. The van der Waals surface area contributed by atoms with E-state index in [0.29, 0.717) is 6.61 Å². The zero-order valence-corrected chi connectivity index (χ0v) is 11.6. The van der Waals surface area contributed by atoms with Crippen LogP contribution in [-0.2, 0) is 18.2 Å².